The fraction of sp³-hybridized carbons (Fsp3) is 0.308. The molecular formula is C26H31N5O2. The zero-order chi connectivity index (χ0) is 22.9. The first-order chi connectivity index (χ1) is 16.2. The van der Waals surface area contributed by atoms with Gasteiger partial charge in [0.05, 0.1) is 6.26 Å². The van der Waals surface area contributed by atoms with Crippen molar-refractivity contribution in [2.45, 2.75) is 32.0 Å². The van der Waals surface area contributed by atoms with Crippen molar-refractivity contribution >= 4 is 17.6 Å². The second kappa shape index (κ2) is 11.3. The molecule has 2 aromatic carbocycles. The maximum Gasteiger partial charge on any atom is 0.291 e. The van der Waals surface area contributed by atoms with Gasteiger partial charge in [-0.1, -0.05) is 42.5 Å². The predicted molar refractivity (Wildman–Crippen MR) is 131 cm³/mol. The number of hydrogen-bond donors (Lipinski definition) is 3. The van der Waals surface area contributed by atoms with Crippen molar-refractivity contribution in [2.75, 3.05) is 25.5 Å². The number of amides is 1. The number of guanidine groups is 1. The minimum atomic E-state index is -0.263. The lowest BCUT2D eigenvalue weighted by Crippen LogP contribution is -2.48. The summed E-state index contributed by atoms with van der Waals surface area (Å²) in [5.41, 5.74) is 3.14. The summed E-state index contributed by atoms with van der Waals surface area (Å²) >= 11 is 0. The van der Waals surface area contributed by atoms with Crippen molar-refractivity contribution < 1.29 is 9.21 Å². The molecule has 7 heteroatoms. The van der Waals surface area contributed by atoms with Crippen LogP contribution in [0.2, 0.25) is 0 Å². The molecule has 1 amide bonds. The number of carbonyl (C=O) groups is 1. The maximum atomic E-state index is 12.2. The van der Waals surface area contributed by atoms with E-state index in [1.165, 1.54) is 11.8 Å². The van der Waals surface area contributed by atoms with E-state index in [-0.39, 0.29) is 11.7 Å². The van der Waals surface area contributed by atoms with Gasteiger partial charge in [-0.15, -0.1) is 0 Å². The van der Waals surface area contributed by atoms with E-state index in [0.717, 1.165) is 49.7 Å². The molecule has 33 heavy (non-hydrogen) atoms. The summed E-state index contributed by atoms with van der Waals surface area (Å²) in [5, 5.41) is 9.80. The Labute approximate surface area is 194 Å². The Kier molecular flexibility index (Phi) is 7.76. The second-order valence-electron chi connectivity index (χ2n) is 8.24. The number of hydrogen-bond acceptors (Lipinski definition) is 4. The third kappa shape index (κ3) is 6.70. The Morgan fingerprint density at radius 2 is 1.82 bits per heavy atom. The average Bonchev–Trinajstić information content (AvgIpc) is 3.39. The van der Waals surface area contributed by atoms with E-state index in [9.17, 15) is 4.79 Å². The van der Waals surface area contributed by atoms with Crippen LogP contribution in [0.1, 0.15) is 34.5 Å². The highest BCUT2D eigenvalue weighted by atomic mass is 16.3. The first-order valence-corrected chi connectivity index (χ1v) is 11.4. The topological polar surface area (TPSA) is 81.9 Å². The van der Waals surface area contributed by atoms with Gasteiger partial charge >= 0.3 is 0 Å². The van der Waals surface area contributed by atoms with Gasteiger partial charge in [-0.2, -0.15) is 0 Å². The summed E-state index contributed by atoms with van der Waals surface area (Å²) in [6.07, 6.45) is 3.66. The summed E-state index contributed by atoms with van der Waals surface area (Å²) in [4.78, 5) is 19.1. The molecule has 1 fully saturated rings. The van der Waals surface area contributed by atoms with E-state index in [4.69, 9.17) is 4.42 Å². The van der Waals surface area contributed by atoms with Gasteiger partial charge in [0.25, 0.3) is 5.91 Å². The minimum Gasteiger partial charge on any atom is -0.459 e. The smallest absolute Gasteiger partial charge is 0.291 e. The summed E-state index contributed by atoms with van der Waals surface area (Å²) < 4.78 is 5.15. The number of furan rings is 1. The Morgan fingerprint density at radius 3 is 2.55 bits per heavy atom. The molecule has 0 radical (unpaired) electrons. The summed E-state index contributed by atoms with van der Waals surface area (Å²) in [6.45, 7) is 3.76. The van der Waals surface area contributed by atoms with Crippen LogP contribution in [0.4, 0.5) is 5.69 Å². The molecule has 0 unspecified atom stereocenters. The van der Waals surface area contributed by atoms with Crippen molar-refractivity contribution in [3.63, 3.8) is 0 Å². The quantitative estimate of drug-likeness (QED) is 0.380. The van der Waals surface area contributed by atoms with Gasteiger partial charge in [0.1, 0.15) is 0 Å². The van der Waals surface area contributed by atoms with Crippen molar-refractivity contribution in [2.24, 2.45) is 4.99 Å². The number of nitrogens with one attached hydrogen (secondary N) is 3. The van der Waals surface area contributed by atoms with E-state index in [1.807, 2.05) is 24.3 Å². The molecule has 0 spiro atoms. The summed E-state index contributed by atoms with van der Waals surface area (Å²) in [6, 6.07) is 22.1. The highest BCUT2D eigenvalue weighted by Crippen LogP contribution is 2.15. The van der Waals surface area contributed by atoms with Crippen LogP contribution < -0.4 is 16.0 Å². The van der Waals surface area contributed by atoms with E-state index in [2.05, 4.69) is 56.2 Å². The largest absolute Gasteiger partial charge is 0.459 e. The molecule has 3 N–H and O–H groups in total. The van der Waals surface area contributed by atoms with Crippen molar-refractivity contribution in [1.29, 1.82) is 0 Å². The lowest BCUT2D eigenvalue weighted by atomic mass is 10.0. The fourth-order valence-corrected chi connectivity index (χ4v) is 4.01. The number of rotatable bonds is 7. The molecule has 0 aliphatic carbocycles. The zero-order valence-corrected chi connectivity index (χ0v) is 19.0. The molecule has 1 aromatic heterocycles. The number of likely N-dealkylation sites (tertiary alicyclic amines) is 1. The Morgan fingerprint density at radius 1 is 1.03 bits per heavy atom. The molecule has 3 aromatic rings. The molecule has 0 bridgehead atoms. The van der Waals surface area contributed by atoms with Gasteiger partial charge in [-0.3, -0.25) is 14.7 Å². The van der Waals surface area contributed by atoms with Crippen molar-refractivity contribution in [3.05, 3.63) is 89.9 Å². The molecule has 7 nitrogen and oxygen atoms in total. The highest BCUT2D eigenvalue weighted by molar-refractivity contribution is 6.02. The molecule has 1 saturated heterocycles. The Balaban J connectivity index is 1.22. The van der Waals surface area contributed by atoms with Crippen LogP contribution in [0, 0.1) is 0 Å². The van der Waals surface area contributed by atoms with E-state index in [1.54, 1.807) is 19.2 Å². The third-order valence-corrected chi connectivity index (χ3v) is 5.79. The van der Waals surface area contributed by atoms with Gasteiger partial charge in [0.15, 0.2) is 11.7 Å². The Hall–Kier alpha value is -3.58. The molecule has 0 atom stereocenters. The van der Waals surface area contributed by atoms with Crippen molar-refractivity contribution in [3.8, 4) is 0 Å². The zero-order valence-electron chi connectivity index (χ0n) is 19.0. The number of carbonyl (C=O) groups excluding carboxylic acids is 1. The van der Waals surface area contributed by atoms with Crippen molar-refractivity contribution in [1.82, 2.24) is 15.5 Å². The van der Waals surface area contributed by atoms with Crippen LogP contribution in [-0.4, -0.2) is 42.9 Å². The number of piperidine rings is 1. The third-order valence-electron chi connectivity index (χ3n) is 5.79. The number of nitrogens with zero attached hydrogens (tertiary/aromatic N) is 2. The van der Waals surface area contributed by atoms with Gasteiger partial charge in [-0.05, 0) is 48.2 Å². The lowest BCUT2D eigenvalue weighted by Gasteiger charge is -2.33. The predicted octanol–water partition coefficient (Wildman–Crippen LogP) is 3.86. The molecule has 2 heterocycles. The van der Waals surface area contributed by atoms with Gasteiger partial charge < -0.3 is 20.4 Å². The van der Waals surface area contributed by atoms with Crippen LogP contribution in [0.5, 0.6) is 0 Å². The van der Waals surface area contributed by atoms with E-state index in [0.29, 0.717) is 12.6 Å². The molecule has 1 aliphatic rings. The first kappa shape index (κ1) is 22.6. The molecule has 1 aliphatic heterocycles. The van der Waals surface area contributed by atoms with E-state index >= 15 is 0 Å². The average molecular weight is 446 g/mol. The SMILES string of the molecule is CN=C(NCc1cccc(NC(=O)c2ccco2)c1)NC1CCN(Cc2ccccc2)CC1. The van der Waals surface area contributed by atoms with Crippen LogP contribution in [0.15, 0.2) is 82.4 Å². The number of benzene rings is 2. The van der Waals surface area contributed by atoms with Crippen LogP contribution >= 0.6 is 0 Å². The lowest BCUT2D eigenvalue weighted by molar-refractivity contribution is 0.0996. The Bertz CT molecular complexity index is 1040. The molecule has 172 valence electrons. The summed E-state index contributed by atoms with van der Waals surface area (Å²) in [7, 11) is 1.79. The normalized spacial score (nSPS) is 15.2. The highest BCUT2D eigenvalue weighted by Gasteiger charge is 2.20. The minimum absolute atomic E-state index is 0.263. The van der Waals surface area contributed by atoms with Crippen LogP contribution in [-0.2, 0) is 13.1 Å². The maximum absolute atomic E-state index is 12.2. The number of anilines is 1. The fourth-order valence-electron chi connectivity index (χ4n) is 4.01. The molecule has 0 saturated carbocycles. The van der Waals surface area contributed by atoms with Crippen LogP contribution in [0.25, 0.3) is 0 Å². The van der Waals surface area contributed by atoms with Gasteiger partial charge in [-0.25, -0.2) is 0 Å². The molecular weight excluding hydrogens is 414 g/mol. The standard InChI is InChI=1S/C26H31N5O2/c1-27-26(30-22-12-14-31(15-13-22)19-20-7-3-2-4-8-20)28-18-21-9-5-10-23(17-21)29-25(32)24-11-6-16-33-24/h2-11,16-17,22H,12-15,18-19H2,1H3,(H,29,32)(H2,27,28,30). The van der Waals surface area contributed by atoms with Gasteiger partial charge in [0.2, 0.25) is 0 Å². The number of aliphatic imine (C=N–C) groups is 1. The molecule has 4 rings (SSSR count). The monoisotopic (exact) mass is 445 g/mol. The van der Waals surface area contributed by atoms with E-state index < -0.39 is 0 Å². The van der Waals surface area contributed by atoms with Crippen LogP contribution in [0.3, 0.4) is 0 Å². The first-order valence-electron chi connectivity index (χ1n) is 11.4. The summed E-state index contributed by atoms with van der Waals surface area (Å²) in [5.74, 6) is 0.820. The van der Waals surface area contributed by atoms with Gasteiger partial charge in [0, 0.05) is 45.0 Å². The second-order valence-corrected chi connectivity index (χ2v) is 8.24.